The van der Waals surface area contributed by atoms with Gasteiger partial charge in [-0.1, -0.05) is 31.9 Å². The number of rotatable bonds is 0. The molecule has 0 aromatic heterocycles. The lowest BCUT2D eigenvalue weighted by Crippen LogP contribution is -1.84. The molecule has 9 heavy (non-hydrogen) atoms. The molecule has 0 spiro atoms. The zero-order chi connectivity index (χ0) is 7.07. The molecule has 0 saturated heterocycles. The largest absolute Gasteiger partial charge is 0.198 e. The van der Waals surface area contributed by atoms with E-state index in [9.17, 15) is 0 Å². The van der Waals surface area contributed by atoms with Crippen LogP contribution >= 0.6 is 31.9 Å². The minimum atomic E-state index is -0.413. The first-order valence-electron chi connectivity index (χ1n) is 2.31. The van der Waals surface area contributed by atoms with Gasteiger partial charge in [0.15, 0.2) is 0 Å². The Labute approximate surface area is 69.7 Å². The fourth-order valence-corrected chi connectivity index (χ4v) is 1.85. The summed E-state index contributed by atoms with van der Waals surface area (Å²) in [7, 11) is 0. The van der Waals surface area contributed by atoms with Gasteiger partial charge in [-0.25, -0.2) is 0 Å². The topological polar surface area (TPSA) is 47.6 Å². The van der Waals surface area contributed by atoms with Crippen molar-refractivity contribution in [2.45, 2.75) is 3.23 Å². The zero-order valence-corrected chi connectivity index (χ0v) is 7.48. The van der Waals surface area contributed by atoms with Crippen LogP contribution in [0.4, 0.5) is 0 Å². The highest BCUT2D eigenvalue weighted by molar-refractivity contribution is 9.25. The van der Waals surface area contributed by atoms with Gasteiger partial charge < -0.3 is 0 Å². The Kier molecular flexibility index (Phi) is 1.54. The van der Waals surface area contributed by atoms with Crippen LogP contribution in [0.2, 0.25) is 0 Å². The van der Waals surface area contributed by atoms with Crippen LogP contribution in [0.15, 0.2) is 0 Å². The molecule has 46 valence electrons. The van der Waals surface area contributed by atoms with Crippen molar-refractivity contribution in [2.75, 3.05) is 0 Å². The van der Waals surface area contributed by atoms with Gasteiger partial charge in [0.2, 0.25) is 0 Å². The summed E-state index contributed by atoms with van der Waals surface area (Å²) in [6.45, 7) is 0. The molecular formula is C5H2Br2N2. The predicted octanol–water partition coefficient (Wildman–Crippen LogP) is 1.77. The number of hydrogen-bond acceptors (Lipinski definition) is 2. The first-order valence-corrected chi connectivity index (χ1v) is 3.90. The molecule has 0 amide bonds. The molecule has 4 heteroatoms. The third-order valence-electron chi connectivity index (χ3n) is 1.33. The molecule has 1 fully saturated rings. The smallest absolute Gasteiger partial charge is 0.115 e. The summed E-state index contributed by atoms with van der Waals surface area (Å²) in [5, 5.41) is 16.8. The average Bonchev–Trinajstić information content (AvgIpc) is 2.32. The van der Waals surface area contributed by atoms with E-state index in [1.165, 1.54) is 0 Å². The van der Waals surface area contributed by atoms with Crippen LogP contribution < -0.4 is 0 Å². The summed E-state index contributed by atoms with van der Waals surface area (Å²) in [6.07, 6.45) is 0. The zero-order valence-electron chi connectivity index (χ0n) is 4.31. The van der Waals surface area contributed by atoms with E-state index >= 15 is 0 Å². The van der Waals surface area contributed by atoms with Gasteiger partial charge in [0.25, 0.3) is 0 Å². The minimum Gasteiger partial charge on any atom is -0.198 e. The number of alkyl halides is 2. The van der Waals surface area contributed by atoms with Gasteiger partial charge >= 0.3 is 0 Å². The van der Waals surface area contributed by atoms with E-state index in [-0.39, 0.29) is 11.8 Å². The van der Waals surface area contributed by atoms with Gasteiger partial charge in [-0.2, -0.15) is 10.5 Å². The fraction of sp³-hybridized carbons (Fsp3) is 0.600. The lowest BCUT2D eigenvalue weighted by Gasteiger charge is -1.85. The summed E-state index contributed by atoms with van der Waals surface area (Å²) < 4.78 is -0.413. The Morgan fingerprint density at radius 2 is 1.44 bits per heavy atom. The highest BCUT2D eigenvalue weighted by Crippen LogP contribution is 2.61. The molecule has 0 heterocycles. The van der Waals surface area contributed by atoms with E-state index in [1.807, 2.05) is 12.1 Å². The molecule has 0 radical (unpaired) electrons. The summed E-state index contributed by atoms with van der Waals surface area (Å²) in [5.74, 6) is -0.384. The van der Waals surface area contributed by atoms with Crippen molar-refractivity contribution in [3.8, 4) is 12.1 Å². The molecule has 0 unspecified atom stereocenters. The van der Waals surface area contributed by atoms with Gasteiger partial charge in [0.1, 0.15) is 3.23 Å². The molecule has 0 aliphatic heterocycles. The van der Waals surface area contributed by atoms with Crippen LogP contribution in [-0.2, 0) is 0 Å². The van der Waals surface area contributed by atoms with Crippen molar-refractivity contribution >= 4 is 31.9 Å². The first-order chi connectivity index (χ1) is 4.14. The van der Waals surface area contributed by atoms with Crippen LogP contribution in [0.25, 0.3) is 0 Å². The molecule has 1 aliphatic rings. The third kappa shape index (κ3) is 0.870. The fourth-order valence-electron chi connectivity index (χ4n) is 0.648. The van der Waals surface area contributed by atoms with Gasteiger partial charge in [-0.3, -0.25) is 0 Å². The van der Waals surface area contributed by atoms with E-state index in [2.05, 4.69) is 31.9 Å². The van der Waals surface area contributed by atoms with Crippen LogP contribution in [0, 0.1) is 34.5 Å². The second-order valence-electron chi connectivity index (χ2n) is 1.89. The Morgan fingerprint density at radius 1 is 1.11 bits per heavy atom. The number of nitrogens with zero attached hydrogens (tertiary/aromatic N) is 2. The van der Waals surface area contributed by atoms with E-state index in [4.69, 9.17) is 10.5 Å². The number of hydrogen-bond donors (Lipinski definition) is 0. The van der Waals surface area contributed by atoms with Gasteiger partial charge in [0, 0.05) is 0 Å². The Bertz CT molecular complexity index is 188. The van der Waals surface area contributed by atoms with E-state index < -0.39 is 3.23 Å². The standard InChI is InChI=1S/C5H2Br2N2/c6-5(7)3(1-8)4(5)2-9/h3-4H/t3-,4+. The SMILES string of the molecule is N#C[C@@H]1[C@H](C#N)C1(Br)Br. The van der Waals surface area contributed by atoms with Gasteiger partial charge in [-0.05, 0) is 0 Å². The molecule has 2 atom stereocenters. The lowest BCUT2D eigenvalue weighted by molar-refractivity contribution is 1.02. The molecular weight excluding hydrogens is 248 g/mol. The summed E-state index contributed by atoms with van der Waals surface area (Å²) in [4.78, 5) is 0. The average molecular weight is 250 g/mol. The van der Waals surface area contributed by atoms with E-state index in [0.717, 1.165) is 0 Å². The number of nitriles is 2. The molecule has 0 aromatic rings. The van der Waals surface area contributed by atoms with Crippen molar-refractivity contribution in [3.63, 3.8) is 0 Å². The van der Waals surface area contributed by atoms with E-state index in [0.29, 0.717) is 0 Å². The summed E-state index contributed by atoms with van der Waals surface area (Å²) in [6, 6.07) is 4.03. The summed E-state index contributed by atoms with van der Waals surface area (Å²) in [5.41, 5.74) is 0. The minimum absolute atomic E-state index is 0.192. The van der Waals surface area contributed by atoms with Crippen molar-refractivity contribution in [1.82, 2.24) is 0 Å². The Morgan fingerprint density at radius 3 is 1.56 bits per heavy atom. The van der Waals surface area contributed by atoms with Gasteiger partial charge in [-0.15, -0.1) is 0 Å². The quantitative estimate of drug-likeness (QED) is 0.615. The Hall–Kier alpha value is -0.0600. The van der Waals surface area contributed by atoms with Crippen molar-refractivity contribution < 1.29 is 0 Å². The third-order valence-corrected chi connectivity index (χ3v) is 3.30. The second-order valence-corrected chi connectivity index (χ2v) is 5.58. The highest BCUT2D eigenvalue weighted by atomic mass is 79.9. The monoisotopic (exact) mass is 248 g/mol. The highest BCUT2D eigenvalue weighted by Gasteiger charge is 2.63. The molecule has 1 rings (SSSR count). The molecule has 2 nitrogen and oxygen atoms in total. The normalized spacial score (nSPS) is 36.4. The first kappa shape index (κ1) is 7.05. The van der Waals surface area contributed by atoms with Crippen LogP contribution in [-0.4, -0.2) is 3.23 Å². The predicted molar refractivity (Wildman–Crippen MR) is 38.8 cm³/mol. The van der Waals surface area contributed by atoms with Crippen molar-refractivity contribution in [3.05, 3.63) is 0 Å². The molecule has 1 aliphatic carbocycles. The Balaban J connectivity index is 2.72. The summed E-state index contributed by atoms with van der Waals surface area (Å²) >= 11 is 6.42. The lowest BCUT2D eigenvalue weighted by atomic mass is 10.4. The molecule has 0 N–H and O–H groups in total. The van der Waals surface area contributed by atoms with Gasteiger partial charge in [0.05, 0.1) is 24.0 Å². The molecule has 1 saturated carbocycles. The van der Waals surface area contributed by atoms with Crippen LogP contribution in [0.1, 0.15) is 0 Å². The van der Waals surface area contributed by atoms with E-state index in [1.54, 1.807) is 0 Å². The maximum absolute atomic E-state index is 8.38. The van der Waals surface area contributed by atoms with Crippen molar-refractivity contribution in [2.24, 2.45) is 11.8 Å². The second kappa shape index (κ2) is 1.97. The molecule has 0 aromatic carbocycles. The maximum atomic E-state index is 8.38. The number of halogens is 2. The van der Waals surface area contributed by atoms with Crippen molar-refractivity contribution in [1.29, 1.82) is 10.5 Å². The van der Waals surface area contributed by atoms with Crippen LogP contribution in [0.5, 0.6) is 0 Å². The van der Waals surface area contributed by atoms with Crippen LogP contribution in [0.3, 0.4) is 0 Å². The molecule has 0 bridgehead atoms. The maximum Gasteiger partial charge on any atom is 0.115 e.